The topological polar surface area (TPSA) is 65.5 Å². The Hall–Kier alpha value is -2.82. The summed E-state index contributed by atoms with van der Waals surface area (Å²) in [5.74, 6) is 0.945. The van der Waals surface area contributed by atoms with Crippen LogP contribution < -0.4 is 16.0 Å². The number of fused-ring (bicyclic) bond motifs is 1. The smallest absolute Gasteiger partial charge is 0.225 e. The van der Waals surface area contributed by atoms with E-state index in [0.717, 1.165) is 11.6 Å². The molecule has 0 bridgehead atoms. The second-order valence-corrected chi connectivity index (χ2v) is 6.33. The van der Waals surface area contributed by atoms with Gasteiger partial charge in [-0.25, -0.2) is 0 Å². The summed E-state index contributed by atoms with van der Waals surface area (Å²) in [4.78, 5) is 16.2. The Kier molecular flexibility index (Phi) is 5.33. The van der Waals surface area contributed by atoms with E-state index in [-0.39, 0.29) is 11.8 Å². The van der Waals surface area contributed by atoms with Crippen molar-refractivity contribution in [3.05, 3.63) is 65.2 Å². The number of hydrogen-bond acceptors (Lipinski definition) is 2. The maximum atomic E-state index is 11.9. The zero-order valence-corrected chi connectivity index (χ0v) is 14.7. The van der Waals surface area contributed by atoms with Gasteiger partial charge in [-0.3, -0.25) is 9.79 Å². The Labute approximate surface area is 148 Å². The molecule has 2 aromatic carbocycles. The molecular weight excluding hydrogens is 312 g/mol. The van der Waals surface area contributed by atoms with E-state index in [1.165, 1.54) is 16.7 Å². The average Bonchev–Trinajstić information content (AvgIpc) is 2.61. The predicted molar refractivity (Wildman–Crippen MR) is 102 cm³/mol. The van der Waals surface area contributed by atoms with Crippen molar-refractivity contribution in [3.63, 3.8) is 0 Å². The second-order valence-electron chi connectivity index (χ2n) is 6.33. The zero-order valence-electron chi connectivity index (χ0n) is 14.7. The molecule has 130 valence electrons. The van der Waals surface area contributed by atoms with Crippen molar-refractivity contribution in [2.24, 2.45) is 4.99 Å². The number of nitrogens with zero attached hydrogens (tertiary/aromatic N) is 1. The van der Waals surface area contributed by atoms with Gasteiger partial charge in [0.25, 0.3) is 0 Å². The molecular formula is C20H24N4O. The number of aryl methyl sites for hydroxylation is 1. The summed E-state index contributed by atoms with van der Waals surface area (Å²) in [5.41, 5.74) is 4.54. The molecule has 0 aliphatic carbocycles. The van der Waals surface area contributed by atoms with E-state index < -0.39 is 0 Å². The zero-order chi connectivity index (χ0) is 17.6. The fourth-order valence-electron chi connectivity index (χ4n) is 3.13. The summed E-state index contributed by atoms with van der Waals surface area (Å²) in [6, 6.07) is 16.4. The highest BCUT2D eigenvalue weighted by atomic mass is 16.1. The monoisotopic (exact) mass is 336 g/mol. The number of nitrogens with one attached hydrogen (secondary N) is 3. The van der Waals surface area contributed by atoms with Gasteiger partial charge in [0, 0.05) is 38.2 Å². The molecule has 1 unspecified atom stereocenters. The Morgan fingerprint density at radius 1 is 1.20 bits per heavy atom. The Morgan fingerprint density at radius 2 is 2.04 bits per heavy atom. The highest BCUT2D eigenvalue weighted by Gasteiger charge is 2.24. The number of benzene rings is 2. The molecule has 1 aliphatic rings. The molecule has 5 nitrogen and oxygen atoms in total. The van der Waals surface area contributed by atoms with Crippen molar-refractivity contribution in [3.8, 4) is 0 Å². The fraction of sp³-hybridized carbons (Fsp3) is 0.300. The molecule has 0 fully saturated rings. The van der Waals surface area contributed by atoms with Gasteiger partial charge in [-0.1, -0.05) is 48.0 Å². The quantitative estimate of drug-likeness (QED) is 0.594. The highest BCUT2D eigenvalue weighted by Crippen LogP contribution is 2.31. The van der Waals surface area contributed by atoms with Gasteiger partial charge in [0.05, 0.1) is 0 Å². The van der Waals surface area contributed by atoms with Crippen LogP contribution in [0.4, 0.5) is 5.69 Å². The lowest BCUT2D eigenvalue weighted by Crippen LogP contribution is -2.40. The van der Waals surface area contributed by atoms with Crippen molar-refractivity contribution < 1.29 is 4.79 Å². The van der Waals surface area contributed by atoms with Crippen molar-refractivity contribution >= 4 is 17.6 Å². The fourth-order valence-corrected chi connectivity index (χ4v) is 3.13. The van der Waals surface area contributed by atoms with Crippen LogP contribution in [0.1, 0.15) is 29.0 Å². The van der Waals surface area contributed by atoms with Crippen LogP contribution in [0.2, 0.25) is 0 Å². The maximum absolute atomic E-state index is 11.9. The van der Waals surface area contributed by atoms with Crippen LogP contribution in [0.15, 0.2) is 53.5 Å². The second kappa shape index (κ2) is 7.83. The number of aliphatic imine (C=N–C) groups is 1. The largest absolute Gasteiger partial charge is 0.356 e. The highest BCUT2D eigenvalue weighted by molar-refractivity contribution is 5.94. The molecule has 25 heavy (non-hydrogen) atoms. The molecule has 1 amide bonds. The number of para-hydroxylation sites is 1. The van der Waals surface area contributed by atoms with Crippen LogP contribution in [0.5, 0.6) is 0 Å². The van der Waals surface area contributed by atoms with Gasteiger partial charge in [-0.15, -0.1) is 0 Å². The number of hydrogen-bond donors (Lipinski definition) is 3. The van der Waals surface area contributed by atoms with Crippen LogP contribution in [0, 0.1) is 6.92 Å². The lowest BCUT2D eigenvalue weighted by Gasteiger charge is -2.26. The van der Waals surface area contributed by atoms with Crippen LogP contribution in [0.3, 0.4) is 0 Å². The molecule has 0 saturated heterocycles. The predicted octanol–water partition coefficient (Wildman–Crippen LogP) is 2.79. The van der Waals surface area contributed by atoms with E-state index in [0.29, 0.717) is 19.5 Å². The molecule has 5 heteroatoms. The van der Waals surface area contributed by atoms with E-state index in [1.807, 2.05) is 18.2 Å². The molecule has 2 aromatic rings. The minimum Gasteiger partial charge on any atom is -0.356 e. The van der Waals surface area contributed by atoms with Gasteiger partial charge in [-0.2, -0.15) is 0 Å². The molecule has 1 atom stereocenters. The van der Waals surface area contributed by atoms with Gasteiger partial charge in [-0.05, 0) is 24.1 Å². The van der Waals surface area contributed by atoms with Crippen molar-refractivity contribution in [2.75, 3.05) is 18.9 Å². The van der Waals surface area contributed by atoms with Crippen molar-refractivity contribution in [1.82, 2.24) is 10.6 Å². The lowest BCUT2D eigenvalue weighted by atomic mass is 9.90. The molecule has 1 heterocycles. The Bertz CT molecular complexity index is 785. The number of amides is 1. The minimum absolute atomic E-state index is 0.0632. The van der Waals surface area contributed by atoms with Crippen LogP contribution in [0.25, 0.3) is 0 Å². The number of guanidine groups is 1. The van der Waals surface area contributed by atoms with Crippen LogP contribution in [-0.4, -0.2) is 25.5 Å². The van der Waals surface area contributed by atoms with E-state index in [9.17, 15) is 4.79 Å². The Morgan fingerprint density at radius 3 is 2.84 bits per heavy atom. The van der Waals surface area contributed by atoms with E-state index in [2.05, 4.69) is 58.2 Å². The molecule has 0 radical (unpaired) electrons. The molecule has 3 rings (SSSR count). The number of rotatable bonds is 4. The number of carbonyl (C=O) groups excluding carboxylic acids is 1. The maximum Gasteiger partial charge on any atom is 0.225 e. The third-order valence-electron chi connectivity index (χ3n) is 4.39. The SMILES string of the molecule is CN=C(NCc1cccc(C)c1)NCC1CC(=O)Nc2ccccc21. The summed E-state index contributed by atoms with van der Waals surface area (Å²) in [6.07, 6.45) is 0.485. The molecule has 0 aromatic heterocycles. The van der Waals surface area contributed by atoms with Crippen LogP contribution >= 0.6 is 0 Å². The van der Waals surface area contributed by atoms with Gasteiger partial charge in [0.1, 0.15) is 0 Å². The van der Waals surface area contributed by atoms with Crippen molar-refractivity contribution in [2.45, 2.75) is 25.8 Å². The van der Waals surface area contributed by atoms with Crippen molar-refractivity contribution in [1.29, 1.82) is 0 Å². The van der Waals surface area contributed by atoms with E-state index >= 15 is 0 Å². The first kappa shape index (κ1) is 17.0. The van der Waals surface area contributed by atoms with Gasteiger partial charge < -0.3 is 16.0 Å². The summed E-state index contributed by atoms with van der Waals surface area (Å²) in [6.45, 7) is 3.46. The standard InChI is InChI=1S/C20H24N4O/c1-14-6-5-7-15(10-14)12-22-20(21-2)23-13-16-11-19(25)24-18-9-4-3-8-17(16)18/h3-10,16H,11-13H2,1-2H3,(H,24,25)(H2,21,22,23). The van der Waals surface area contributed by atoms with Crippen LogP contribution in [-0.2, 0) is 11.3 Å². The summed E-state index contributed by atoms with van der Waals surface area (Å²) in [5, 5.41) is 9.60. The number of carbonyl (C=O) groups is 1. The Balaban J connectivity index is 1.59. The summed E-state index contributed by atoms with van der Waals surface area (Å²) >= 11 is 0. The summed E-state index contributed by atoms with van der Waals surface area (Å²) in [7, 11) is 1.76. The first-order valence-corrected chi connectivity index (χ1v) is 8.54. The van der Waals surface area contributed by atoms with Gasteiger partial charge >= 0.3 is 0 Å². The molecule has 0 spiro atoms. The average molecular weight is 336 g/mol. The normalized spacial score (nSPS) is 16.8. The molecule has 1 aliphatic heterocycles. The minimum atomic E-state index is 0.0632. The molecule has 3 N–H and O–H groups in total. The number of anilines is 1. The first-order valence-electron chi connectivity index (χ1n) is 8.54. The summed E-state index contributed by atoms with van der Waals surface area (Å²) < 4.78 is 0. The lowest BCUT2D eigenvalue weighted by molar-refractivity contribution is -0.116. The van der Waals surface area contributed by atoms with Gasteiger partial charge in [0.2, 0.25) is 5.91 Å². The third kappa shape index (κ3) is 4.38. The van der Waals surface area contributed by atoms with E-state index in [1.54, 1.807) is 7.05 Å². The third-order valence-corrected chi connectivity index (χ3v) is 4.39. The van der Waals surface area contributed by atoms with E-state index in [4.69, 9.17) is 0 Å². The first-order chi connectivity index (χ1) is 12.2. The van der Waals surface area contributed by atoms with Gasteiger partial charge in [0.15, 0.2) is 5.96 Å². The molecule has 0 saturated carbocycles.